The van der Waals surface area contributed by atoms with E-state index in [0.29, 0.717) is 5.82 Å². The largest absolute Gasteiger partial charge is 0.444 e. The van der Waals surface area contributed by atoms with Gasteiger partial charge in [-0.2, -0.15) is 0 Å². The SMILES string of the molecule is CC(NC(=O)OC(C)(C)C)C(=O)c1nccn1C. The molecule has 1 unspecified atom stereocenters. The molecule has 0 aliphatic carbocycles. The minimum absolute atomic E-state index is 0.256. The van der Waals surface area contributed by atoms with E-state index >= 15 is 0 Å². The van der Waals surface area contributed by atoms with Crippen LogP contribution in [0.1, 0.15) is 38.3 Å². The lowest BCUT2D eigenvalue weighted by molar-refractivity contribution is 0.0495. The number of aryl methyl sites for hydroxylation is 1. The van der Waals surface area contributed by atoms with E-state index in [2.05, 4.69) is 10.3 Å². The van der Waals surface area contributed by atoms with E-state index in [-0.39, 0.29) is 5.78 Å². The number of imidazole rings is 1. The van der Waals surface area contributed by atoms with Crippen molar-refractivity contribution in [2.45, 2.75) is 39.3 Å². The Morgan fingerprint density at radius 1 is 1.44 bits per heavy atom. The number of alkyl carbamates (subject to hydrolysis) is 1. The average molecular weight is 253 g/mol. The molecule has 0 radical (unpaired) electrons. The van der Waals surface area contributed by atoms with Crippen LogP contribution in [-0.4, -0.2) is 33.1 Å². The fourth-order valence-corrected chi connectivity index (χ4v) is 1.35. The zero-order chi connectivity index (χ0) is 13.9. The molecule has 6 nitrogen and oxygen atoms in total. The topological polar surface area (TPSA) is 73.2 Å². The Morgan fingerprint density at radius 2 is 2.06 bits per heavy atom. The molecule has 1 rings (SSSR count). The molecule has 1 atom stereocenters. The predicted octanol–water partition coefficient (Wildman–Crippen LogP) is 1.52. The first-order chi connectivity index (χ1) is 8.20. The summed E-state index contributed by atoms with van der Waals surface area (Å²) < 4.78 is 6.68. The van der Waals surface area contributed by atoms with Gasteiger partial charge >= 0.3 is 6.09 Å². The van der Waals surface area contributed by atoms with Gasteiger partial charge in [0.05, 0.1) is 6.04 Å². The molecule has 6 heteroatoms. The monoisotopic (exact) mass is 253 g/mol. The zero-order valence-electron chi connectivity index (χ0n) is 11.4. The van der Waals surface area contributed by atoms with E-state index in [0.717, 1.165) is 0 Å². The van der Waals surface area contributed by atoms with Gasteiger partial charge < -0.3 is 14.6 Å². The van der Waals surface area contributed by atoms with Gasteiger partial charge in [-0.25, -0.2) is 9.78 Å². The van der Waals surface area contributed by atoms with Crippen LogP contribution >= 0.6 is 0 Å². The summed E-state index contributed by atoms with van der Waals surface area (Å²) in [5, 5.41) is 2.49. The number of rotatable bonds is 3. The smallest absolute Gasteiger partial charge is 0.408 e. The van der Waals surface area contributed by atoms with Gasteiger partial charge in [0, 0.05) is 19.4 Å². The van der Waals surface area contributed by atoms with Crippen LogP contribution < -0.4 is 5.32 Å². The molecule has 0 saturated carbocycles. The second-order valence-corrected chi connectivity index (χ2v) is 5.09. The van der Waals surface area contributed by atoms with Gasteiger partial charge in [-0.1, -0.05) is 0 Å². The number of carbonyl (C=O) groups excluding carboxylic acids is 2. The van der Waals surface area contributed by atoms with Crippen LogP contribution in [0, 0.1) is 0 Å². The number of ketones is 1. The third kappa shape index (κ3) is 3.87. The minimum atomic E-state index is -0.680. The van der Waals surface area contributed by atoms with E-state index in [1.165, 1.54) is 6.20 Å². The van der Waals surface area contributed by atoms with Crippen LogP contribution in [0.25, 0.3) is 0 Å². The molecule has 1 N–H and O–H groups in total. The van der Waals surface area contributed by atoms with Crippen molar-refractivity contribution in [2.24, 2.45) is 7.05 Å². The number of hydrogen-bond donors (Lipinski definition) is 1. The molecule has 1 aromatic heterocycles. The molecule has 0 saturated heterocycles. The summed E-state index contributed by atoms with van der Waals surface area (Å²) in [4.78, 5) is 27.4. The molecule has 0 aromatic carbocycles. The molecule has 1 amide bonds. The maximum Gasteiger partial charge on any atom is 0.408 e. The maximum atomic E-state index is 12.0. The van der Waals surface area contributed by atoms with Crippen LogP contribution in [-0.2, 0) is 11.8 Å². The number of ether oxygens (including phenoxy) is 1. The van der Waals surface area contributed by atoms with Crippen molar-refractivity contribution in [1.82, 2.24) is 14.9 Å². The molecule has 0 fully saturated rings. The lowest BCUT2D eigenvalue weighted by Gasteiger charge is -2.21. The molecular weight excluding hydrogens is 234 g/mol. The van der Waals surface area contributed by atoms with Crippen LogP contribution in [0.4, 0.5) is 4.79 Å². The summed E-state index contributed by atoms with van der Waals surface area (Å²) in [6, 6.07) is -0.680. The average Bonchev–Trinajstić information content (AvgIpc) is 2.60. The van der Waals surface area contributed by atoms with Gasteiger partial charge in [-0.15, -0.1) is 0 Å². The normalized spacial score (nSPS) is 12.9. The number of aromatic nitrogens is 2. The summed E-state index contributed by atoms with van der Waals surface area (Å²) in [6.45, 7) is 6.88. The maximum absolute atomic E-state index is 12.0. The standard InChI is InChI=1S/C12H19N3O3/c1-8(14-11(17)18-12(2,3)4)9(16)10-13-6-7-15(10)5/h6-8H,1-5H3,(H,14,17). The summed E-state index contributed by atoms with van der Waals surface area (Å²) in [6.07, 6.45) is 2.60. The highest BCUT2D eigenvalue weighted by Gasteiger charge is 2.23. The highest BCUT2D eigenvalue weighted by atomic mass is 16.6. The number of nitrogens with zero attached hydrogens (tertiary/aromatic N) is 2. The lowest BCUT2D eigenvalue weighted by Crippen LogP contribution is -2.42. The number of amides is 1. The van der Waals surface area contributed by atoms with Crippen LogP contribution in [0.2, 0.25) is 0 Å². The first-order valence-corrected chi connectivity index (χ1v) is 5.72. The highest BCUT2D eigenvalue weighted by Crippen LogP contribution is 2.07. The number of Topliss-reactive ketones (excluding diaryl/α,β-unsaturated/α-hetero) is 1. The lowest BCUT2D eigenvalue weighted by atomic mass is 10.2. The Labute approximate surface area is 106 Å². The van der Waals surface area contributed by atoms with E-state index in [1.807, 2.05) is 0 Å². The third-order valence-electron chi connectivity index (χ3n) is 2.17. The molecule has 0 aliphatic heterocycles. The third-order valence-corrected chi connectivity index (χ3v) is 2.17. The first-order valence-electron chi connectivity index (χ1n) is 5.72. The van der Waals surface area contributed by atoms with Crippen molar-refractivity contribution in [2.75, 3.05) is 0 Å². The van der Waals surface area contributed by atoms with Crippen LogP contribution in [0.5, 0.6) is 0 Å². The van der Waals surface area contributed by atoms with Crippen molar-refractivity contribution in [3.05, 3.63) is 18.2 Å². The van der Waals surface area contributed by atoms with Crippen molar-refractivity contribution < 1.29 is 14.3 Å². The zero-order valence-corrected chi connectivity index (χ0v) is 11.4. The summed E-state index contributed by atoms with van der Waals surface area (Å²) in [5.74, 6) is 0.0481. The summed E-state index contributed by atoms with van der Waals surface area (Å²) in [5.41, 5.74) is -0.587. The molecule has 0 aliphatic rings. The van der Waals surface area contributed by atoms with Crippen molar-refractivity contribution in [3.63, 3.8) is 0 Å². The molecule has 18 heavy (non-hydrogen) atoms. The first kappa shape index (κ1) is 14.2. The van der Waals surface area contributed by atoms with E-state index in [4.69, 9.17) is 4.74 Å². The Hall–Kier alpha value is -1.85. The quantitative estimate of drug-likeness (QED) is 0.829. The number of hydrogen-bond acceptors (Lipinski definition) is 4. The fourth-order valence-electron chi connectivity index (χ4n) is 1.35. The molecule has 0 bridgehead atoms. The van der Waals surface area contributed by atoms with Gasteiger partial charge in [0.15, 0.2) is 5.82 Å². The van der Waals surface area contributed by atoms with Gasteiger partial charge in [-0.05, 0) is 27.7 Å². The Bertz CT molecular complexity index is 446. The predicted molar refractivity (Wildman–Crippen MR) is 66.4 cm³/mol. The Kier molecular flexibility index (Phi) is 4.11. The Morgan fingerprint density at radius 3 is 2.50 bits per heavy atom. The molecular formula is C12H19N3O3. The van der Waals surface area contributed by atoms with Gasteiger partial charge in [0.1, 0.15) is 5.60 Å². The molecule has 0 spiro atoms. The van der Waals surface area contributed by atoms with Crippen LogP contribution in [0.15, 0.2) is 12.4 Å². The number of carbonyl (C=O) groups is 2. The molecule has 1 heterocycles. The van der Waals surface area contributed by atoms with Gasteiger partial charge in [0.25, 0.3) is 0 Å². The van der Waals surface area contributed by atoms with Crippen molar-refractivity contribution >= 4 is 11.9 Å². The van der Waals surface area contributed by atoms with Crippen molar-refractivity contribution in [1.29, 1.82) is 0 Å². The number of nitrogens with one attached hydrogen (secondary N) is 1. The fraction of sp³-hybridized carbons (Fsp3) is 0.583. The van der Waals surface area contributed by atoms with E-state index in [9.17, 15) is 9.59 Å². The minimum Gasteiger partial charge on any atom is -0.444 e. The van der Waals surface area contributed by atoms with Gasteiger partial charge in [-0.3, -0.25) is 4.79 Å². The Balaban J connectivity index is 2.61. The van der Waals surface area contributed by atoms with Crippen molar-refractivity contribution in [3.8, 4) is 0 Å². The summed E-state index contributed by atoms with van der Waals surface area (Å²) in [7, 11) is 1.72. The summed E-state index contributed by atoms with van der Waals surface area (Å²) >= 11 is 0. The van der Waals surface area contributed by atoms with Crippen LogP contribution in [0.3, 0.4) is 0 Å². The van der Waals surface area contributed by atoms with Gasteiger partial charge in [0.2, 0.25) is 5.78 Å². The second-order valence-electron chi connectivity index (χ2n) is 5.09. The molecule has 1 aromatic rings. The van der Waals surface area contributed by atoms with E-state index in [1.54, 1.807) is 45.5 Å². The second kappa shape index (κ2) is 5.20. The highest BCUT2D eigenvalue weighted by molar-refractivity contribution is 5.98. The van der Waals surface area contributed by atoms with E-state index < -0.39 is 17.7 Å². The molecule has 100 valence electrons.